The maximum atomic E-state index is 12.4. The highest BCUT2D eigenvalue weighted by Gasteiger charge is 2.47. The zero-order valence-electron chi connectivity index (χ0n) is 16.2. The summed E-state index contributed by atoms with van der Waals surface area (Å²) in [7, 11) is 0. The molecule has 1 saturated heterocycles. The summed E-state index contributed by atoms with van der Waals surface area (Å²) in [5.74, 6) is -3.30. The molecule has 1 aromatic carbocycles. The molecule has 1 heterocycles. The molecule has 2 aliphatic rings. The fourth-order valence-electron chi connectivity index (χ4n) is 3.58. The number of Topliss-reactive ketones (excluding diaryl/α,β-unsaturated/α-hetero) is 1. The molecule has 0 bridgehead atoms. The van der Waals surface area contributed by atoms with E-state index in [1.165, 1.54) is 13.8 Å². The summed E-state index contributed by atoms with van der Waals surface area (Å²) >= 11 is 0. The average molecular weight is 398 g/mol. The van der Waals surface area contributed by atoms with Gasteiger partial charge in [0.25, 0.3) is 5.91 Å². The molecule has 1 fully saturated rings. The van der Waals surface area contributed by atoms with E-state index in [1.54, 1.807) is 24.3 Å². The maximum absolute atomic E-state index is 12.4. The van der Waals surface area contributed by atoms with Gasteiger partial charge in [-0.1, -0.05) is 24.3 Å². The summed E-state index contributed by atoms with van der Waals surface area (Å²) in [4.78, 5) is 61.9. The third-order valence-corrected chi connectivity index (χ3v) is 5.13. The third-order valence-electron chi connectivity index (χ3n) is 5.13. The molecule has 1 aliphatic heterocycles. The van der Waals surface area contributed by atoms with Crippen molar-refractivity contribution in [1.82, 2.24) is 4.90 Å². The van der Waals surface area contributed by atoms with Crippen molar-refractivity contribution in [3.8, 4) is 0 Å². The largest absolute Gasteiger partial charge is 0.451 e. The second-order valence-electron chi connectivity index (χ2n) is 7.14. The highest BCUT2D eigenvalue weighted by Crippen LogP contribution is 2.34. The first-order chi connectivity index (χ1) is 13.8. The molecule has 152 valence electrons. The van der Waals surface area contributed by atoms with Crippen LogP contribution in [0.15, 0.2) is 36.4 Å². The molecule has 1 aliphatic carbocycles. The van der Waals surface area contributed by atoms with Gasteiger partial charge in [0.15, 0.2) is 11.9 Å². The lowest BCUT2D eigenvalue weighted by Crippen LogP contribution is -2.39. The Morgan fingerprint density at radius 3 is 2.28 bits per heavy atom. The number of hydrogen-bond acceptors (Lipinski definition) is 6. The number of carbonyl (C=O) groups excluding carboxylic acids is 5. The molecule has 3 atom stereocenters. The number of anilines is 1. The Hall–Kier alpha value is -3.29. The van der Waals surface area contributed by atoms with Crippen LogP contribution in [0.4, 0.5) is 5.69 Å². The molecule has 1 N–H and O–H groups in total. The van der Waals surface area contributed by atoms with E-state index in [9.17, 15) is 24.0 Å². The standard InChI is InChI=1S/C21H22N2O6/c1-12(24)14-7-5-6-10-17(14)22-19(26)13(2)29-18(25)11-23-20(27)15-8-3-4-9-16(15)21(23)28/h3-7,10,13,15-16H,8-9,11H2,1-2H3,(H,22,26)/t13-,15+,16+/m1/s1. The Balaban J connectivity index is 1.58. The van der Waals surface area contributed by atoms with Crippen molar-refractivity contribution in [3.05, 3.63) is 42.0 Å². The van der Waals surface area contributed by atoms with Crippen molar-refractivity contribution >= 4 is 35.2 Å². The van der Waals surface area contributed by atoms with Crippen LogP contribution in [0.3, 0.4) is 0 Å². The van der Waals surface area contributed by atoms with Crippen LogP contribution in [0.1, 0.15) is 37.0 Å². The number of para-hydroxylation sites is 1. The molecule has 3 rings (SSSR count). The van der Waals surface area contributed by atoms with Crippen LogP contribution in [0.25, 0.3) is 0 Å². The molecule has 1 aromatic rings. The Kier molecular flexibility index (Phi) is 5.91. The number of fused-ring (bicyclic) bond motifs is 1. The number of likely N-dealkylation sites (tertiary alicyclic amines) is 1. The summed E-state index contributed by atoms with van der Waals surface area (Å²) in [6, 6.07) is 6.48. The van der Waals surface area contributed by atoms with Gasteiger partial charge in [-0.2, -0.15) is 0 Å². The minimum Gasteiger partial charge on any atom is -0.451 e. The molecule has 0 aromatic heterocycles. The highest BCUT2D eigenvalue weighted by atomic mass is 16.5. The lowest BCUT2D eigenvalue weighted by Gasteiger charge is -2.17. The van der Waals surface area contributed by atoms with Gasteiger partial charge >= 0.3 is 5.97 Å². The monoisotopic (exact) mass is 398 g/mol. The van der Waals surface area contributed by atoms with Gasteiger partial charge < -0.3 is 10.1 Å². The average Bonchev–Trinajstić information content (AvgIpc) is 2.93. The molecule has 8 nitrogen and oxygen atoms in total. The van der Waals surface area contributed by atoms with Gasteiger partial charge in [-0.05, 0) is 38.8 Å². The quantitative estimate of drug-likeness (QED) is 0.338. The zero-order chi connectivity index (χ0) is 21.1. The summed E-state index contributed by atoms with van der Waals surface area (Å²) in [6.07, 6.45) is 3.52. The van der Waals surface area contributed by atoms with E-state index in [0.717, 1.165) is 4.90 Å². The molecular weight excluding hydrogens is 376 g/mol. The number of carbonyl (C=O) groups is 5. The van der Waals surface area contributed by atoms with Gasteiger partial charge in [0.05, 0.1) is 17.5 Å². The van der Waals surface area contributed by atoms with Gasteiger partial charge in [0.1, 0.15) is 6.54 Å². The van der Waals surface area contributed by atoms with E-state index >= 15 is 0 Å². The number of esters is 1. The van der Waals surface area contributed by atoms with E-state index in [1.807, 2.05) is 12.2 Å². The normalized spacial score (nSPS) is 21.5. The minimum absolute atomic E-state index is 0.215. The van der Waals surface area contributed by atoms with Crippen molar-refractivity contribution < 1.29 is 28.7 Å². The molecular formula is C21H22N2O6. The van der Waals surface area contributed by atoms with Crippen molar-refractivity contribution in [1.29, 1.82) is 0 Å². The number of amides is 3. The molecule has 0 unspecified atom stereocenters. The molecule has 3 amide bonds. The second kappa shape index (κ2) is 8.38. The van der Waals surface area contributed by atoms with Crippen molar-refractivity contribution in [2.24, 2.45) is 11.8 Å². The van der Waals surface area contributed by atoms with Crippen LogP contribution in [0, 0.1) is 11.8 Å². The summed E-state index contributed by atoms with van der Waals surface area (Å²) < 4.78 is 5.10. The highest BCUT2D eigenvalue weighted by molar-refractivity contribution is 6.07. The number of hydrogen-bond donors (Lipinski definition) is 1. The number of ketones is 1. The number of ether oxygens (including phenoxy) is 1. The van der Waals surface area contributed by atoms with E-state index in [-0.39, 0.29) is 17.6 Å². The minimum atomic E-state index is -1.17. The SMILES string of the molecule is CC(=O)c1ccccc1NC(=O)[C@@H](C)OC(=O)CN1C(=O)[C@H]2CC=CC[C@@H]2C1=O. The van der Waals surface area contributed by atoms with Crippen molar-refractivity contribution in [2.45, 2.75) is 32.8 Å². The fourth-order valence-corrected chi connectivity index (χ4v) is 3.58. The molecule has 29 heavy (non-hydrogen) atoms. The van der Waals surface area contributed by atoms with E-state index in [2.05, 4.69) is 5.32 Å². The Bertz CT molecular complexity index is 880. The van der Waals surface area contributed by atoms with Crippen LogP contribution in [0.5, 0.6) is 0 Å². The van der Waals surface area contributed by atoms with Gasteiger partial charge in [0.2, 0.25) is 11.8 Å². The van der Waals surface area contributed by atoms with Gasteiger partial charge in [-0.15, -0.1) is 0 Å². The maximum Gasteiger partial charge on any atom is 0.326 e. The second-order valence-corrected chi connectivity index (χ2v) is 7.14. The van der Waals surface area contributed by atoms with Crippen LogP contribution in [-0.2, 0) is 23.9 Å². The number of allylic oxidation sites excluding steroid dienone is 2. The van der Waals surface area contributed by atoms with E-state index in [4.69, 9.17) is 4.74 Å². The molecule has 0 saturated carbocycles. The molecule has 0 radical (unpaired) electrons. The summed E-state index contributed by atoms with van der Waals surface area (Å²) in [5.41, 5.74) is 0.651. The molecule has 0 spiro atoms. The lowest BCUT2D eigenvalue weighted by molar-refractivity contribution is -0.158. The smallest absolute Gasteiger partial charge is 0.326 e. The van der Waals surface area contributed by atoms with Gasteiger partial charge in [-0.3, -0.25) is 28.9 Å². The Morgan fingerprint density at radius 1 is 1.10 bits per heavy atom. The lowest BCUT2D eigenvalue weighted by atomic mass is 9.85. The zero-order valence-corrected chi connectivity index (χ0v) is 16.2. The van der Waals surface area contributed by atoms with Crippen molar-refractivity contribution in [2.75, 3.05) is 11.9 Å². The van der Waals surface area contributed by atoms with Gasteiger partial charge in [-0.25, -0.2) is 0 Å². The first kappa shape index (κ1) is 20.4. The third kappa shape index (κ3) is 4.26. The first-order valence-corrected chi connectivity index (χ1v) is 9.40. The first-order valence-electron chi connectivity index (χ1n) is 9.40. The topological polar surface area (TPSA) is 110 Å². The number of imide groups is 1. The predicted molar refractivity (Wildman–Crippen MR) is 103 cm³/mol. The molecule has 8 heteroatoms. The number of benzene rings is 1. The van der Waals surface area contributed by atoms with Crippen molar-refractivity contribution in [3.63, 3.8) is 0 Å². The number of nitrogens with zero attached hydrogens (tertiary/aromatic N) is 1. The number of rotatable bonds is 6. The van der Waals surface area contributed by atoms with Crippen LogP contribution in [0.2, 0.25) is 0 Å². The predicted octanol–water partition coefficient (Wildman–Crippen LogP) is 1.71. The van der Waals surface area contributed by atoms with Crippen LogP contribution in [-0.4, -0.2) is 47.0 Å². The Morgan fingerprint density at radius 2 is 1.69 bits per heavy atom. The van der Waals surface area contributed by atoms with Crippen LogP contribution >= 0.6 is 0 Å². The van der Waals surface area contributed by atoms with E-state index < -0.39 is 36.4 Å². The summed E-state index contributed by atoms with van der Waals surface area (Å²) in [5, 5.41) is 2.56. The number of nitrogens with one attached hydrogen (secondary N) is 1. The fraction of sp³-hybridized carbons (Fsp3) is 0.381. The van der Waals surface area contributed by atoms with E-state index in [0.29, 0.717) is 24.1 Å². The summed E-state index contributed by atoms with van der Waals surface area (Å²) in [6.45, 7) is 2.24. The Labute approximate surface area is 167 Å². The van der Waals surface area contributed by atoms with Gasteiger partial charge in [0, 0.05) is 5.56 Å². The van der Waals surface area contributed by atoms with Crippen LogP contribution < -0.4 is 5.32 Å².